The predicted molar refractivity (Wildman–Crippen MR) is 70.6 cm³/mol. The molecule has 1 unspecified atom stereocenters. The molecule has 0 spiro atoms. The maximum absolute atomic E-state index is 8.80. The van der Waals surface area contributed by atoms with Gasteiger partial charge in [-0.1, -0.05) is 28.1 Å². The average Bonchev–Trinajstić information content (AvgIpc) is 2.37. The Labute approximate surface area is 110 Å². The molecule has 0 heterocycles. The summed E-state index contributed by atoms with van der Waals surface area (Å²) in [7, 11) is 0. The van der Waals surface area contributed by atoms with Gasteiger partial charge in [-0.2, -0.15) is 5.26 Å². The Morgan fingerprint density at radius 2 is 1.94 bits per heavy atom. The van der Waals surface area contributed by atoms with E-state index in [0.717, 1.165) is 11.5 Å². The SMILES string of the molecule is CCOc1ccccc1OCCC(C#N)CBr. The fourth-order valence-electron chi connectivity index (χ4n) is 1.33. The number of nitrogens with zero attached hydrogens (tertiary/aromatic N) is 1. The highest BCUT2D eigenvalue weighted by Gasteiger charge is 2.07. The molecule has 0 amide bonds. The topological polar surface area (TPSA) is 42.2 Å². The number of para-hydroxylation sites is 2. The third kappa shape index (κ3) is 4.66. The average molecular weight is 298 g/mol. The molecule has 1 aromatic carbocycles. The highest BCUT2D eigenvalue weighted by Crippen LogP contribution is 2.26. The molecular formula is C13H16BrNO2. The maximum Gasteiger partial charge on any atom is 0.161 e. The molecule has 0 saturated heterocycles. The quantitative estimate of drug-likeness (QED) is 0.725. The van der Waals surface area contributed by atoms with Gasteiger partial charge in [0.1, 0.15) is 0 Å². The van der Waals surface area contributed by atoms with Crippen molar-refractivity contribution < 1.29 is 9.47 Å². The van der Waals surface area contributed by atoms with Gasteiger partial charge in [-0.25, -0.2) is 0 Å². The molecule has 3 nitrogen and oxygen atoms in total. The van der Waals surface area contributed by atoms with Crippen LogP contribution in [0.15, 0.2) is 24.3 Å². The Hall–Kier alpha value is -1.21. The molecule has 0 bridgehead atoms. The Bertz CT molecular complexity index is 376. The number of alkyl halides is 1. The van der Waals surface area contributed by atoms with Crippen molar-refractivity contribution in [2.45, 2.75) is 13.3 Å². The Kier molecular flexibility index (Phi) is 6.49. The molecule has 1 rings (SSSR count). The van der Waals surface area contributed by atoms with Gasteiger partial charge in [-0.3, -0.25) is 0 Å². The van der Waals surface area contributed by atoms with E-state index in [1.807, 2.05) is 31.2 Å². The molecule has 0 aromatic heterocycles. The number of ether oxygens (including phenoxy) is 2. The van der Waals surface area contributed by atoms with Gasteiger partial charge >= 0.3 is 0 Å². The summed E-state index contributed by atoms with van der Waals surface area (Å²) in [5.74, 6) is 1.48. The standard InChI is InChI=1S/C13H16BrNO2/c1-2-16-12-5-3-4-6-13(12)17-8-7-11(9-14)10-15/h3-6,11H,2,7-9H2,1H3. The lowest BCUT2D eigenvalue weighted by molar-refractivity contribution is 0.267. The molecule has 0 saturated carbocycles. The van der Waals surface area contributed by atoms with Crippen LogP contribution in [-0.4, -0.2) is 18.5 Å². The van der Waals surface area contributed by atoms with Crippen LogP contribution in [0.1, 0.15) is 13.3 Å². The van der Waals surface area contributed by atoms with E-state index in [4.69, 9.17) is 14.7 Å². The lowest BCUT2D eigenvalue weighted by Gasteiger charge is -2.12. The van der Waals surface area contributed by atoms with Gasteiger partial charge in [-0.05, 0) is 25.5 Å². The van der Waals surface area contributed by atoms with Crippen LogP contribution in [0.3, 0.4) is 0 Å². The zero-order valence-corrected chi connectivity index (χ0v) is 11.4. The Balaban J connectivity index is 2.48. The van der Waals surface area contributed by atoms with Crippen LogP contribution in [0.2, 0.25) is 0 Å². The van der Waals surface area contributed by atoms with E-state index < -0.39 is 0 Å². The number of hydrogen-bond donors (Lipinski definition) is 0. The lowest BCUT2D eigenvalue weighted by atomic mass is 10.1. The predicted octanol–water partition coefficient (Wildman–Crippen LogP) is 3.39. The molecule has 0 radical (unpaired) electrons. The second-order valence-electron chi connectivity index (χ2n) is 3.50. The first-order chi connectivity index (χ1) is 8.31. The molecule has 1 atom stereocenters. The minimum Gasteiger partial charge on any atom is -0.490 e. The van der Waals surface area contributed by atoms with Crippen LogP contribution in [0, 0.1) is 17.2 Å². The molecule has 1 aromatic rings. The zero-order chi connectivity index (χ0) is 12.5. The first kappa shape index (κ1) is 13.9. The molecule has 0 N–H and O–H groups in total. The second kappa shape index (κ2) is 7.97. The zero-order valence-electron chi connectivity index (χ0n) is 9.86. The van der Waals surface area contributed by atoms with Gasteiger partial charge in [-0.15, -0.1) is 0 Å². The fraction of sp³-hybridized carbons (Fsp3) is 0.462. The van der Waals surface area contributed by atoms with Crippen molar-refractivity contribution in [2.24, 2.45) is 5.92 Å². The summed E-state index contributed by atoms with van der Waals surface area (Å²) in [6.07, 6.45) is 0.711. The smallest absolute Gasteiger partial charge is 0.161 e. The summed E-state index contributed by atoms with van der Waals surface area (Å²) in [5.41, 5.74) is 0. The molecule has 4 heteroatoms. The summed E-state index contributed by atoms with van der Waals surface area (Å²) < 4.78 is 11.1. The maximum atomic E-state index is 8.80. The molecule has 92 valence electrons. The van der Waals surface area contributed by atoms with Crippen molar-refractivity contribution in [3.8, 4) is 17.6 Å². The van der Waals surface area contributed by atoms with Gasteiger partial charge in [0, 0.05) is 5.33 Å². The molecule has 17 heavy (non-hydrogen) atoms. The van der Waals surface area contributed by atoms with E-state index in [2.05, 4.69) is 22.0 Å². The molecule has 0 aliphatic carbocycles. The fourth-order valence-corrected chi connectivity index (χ4v) is 1.80. The summed E-state index contributed by atoms with van der Waals surface area (Å²) in [6.45, 7) is 3.07. The normalized spacial score (nSPS) is 11.6. The number of benzene rings is 1. The highest BCUT2D eigenvalue weighted by molar-refractivity contribution is 9.09. The van der Waals surface area contributed by atoms with Crippen molar-refractivity contribution in [3.05, 3.63) is 24.3 Å². The number of hydrogen-bond acceptors (Lipinski definition) is 3. The van der Waals surface area contributed by atoms with E-state index in [1.165, 1.54) is 0 Å². The van der Waals surface area contributed by atoms with E-state index in [1.54, 1.807) is 0 Å². The van der Waals surface area contributed by atoms with E-state index in [-0.39, 0.29) is 5.92 Å². The minimum atomic E-state index is -0.00532. The lowest BCUT2D eigenvalue weighted by Crippen LogP contribution is -2.07. The van der Waals surface area contributed by atoms with Crippen molar-refractivity contribution in [1.29, 1.82) is 5.26 Å². The highest BCUT2D eigenvalue weighted by atomic mass is 79.9. The number of nitriles is 1. The minimum absolute atomic E-state index is 0.00532. The van der Waals surface area contributed by atoms with Crippen LogP contribution in [0.25, 0.3) is 0 Å². The molecule has 0 aliphatic rings. The third-order valence-electron chi connectivity index (χ3n) is 2.24. The summed E-state index contributed by atoms with van der Waals surface area (Å²) in [4.78, 5) is 0. The van der Waals surface area contributed by atoms with Gasteiger partial charge in [0.2, 0.25) is 0 Å². The van der Waals surface area contributed by atoms with Crippen LogP contribution in [0.4, 0.5) is 0 Å². The van der Waals surface area contributed by atoms with Crippen molar-refractivity contribution >= 4 is 15.9 Å². The van der Waals surface area contributed by atoms with Gasteiger partial charge in [0.25, 0.3) is 0 Å². The van der Waals surface area contributed by atoms with E-state index in [0.29, 0.717) is 25.0 Å². The second-order valence-corrected chi connectivity index (χ2v) is 4.14. The first-order valence-electron chi connectivity index (χ1n) is 5.62. The van der Waals surface area contributed by atoms with Crippen LogP contribution >= 0.6 is 15.9 Å². The van der Waals surface area contributed by atoms with Crippen molar-refractivity contribution in [1.82, 2.24) is 0 Å². The molecular weight excluding hydrogens is 282 g/mol. The van der Waals surface area contributed by atoms with Gasteiger partial charge < -0.3 is 9.47 Å². The first-order valence-corrected chi connectivity index (χ1v) is 6.74. The van der Waals surface area contributed by atoms with Crippen LogP contribution in [-0.2, 0) is 0 Å². The summed E-state index contributed by atoms with van der Waals surface area (Å²) in [6, 6.07) is 9.79. The van der Waals surface area contributed by atoms with Crippen molar-refractivity contribution in [3.63, 3.8) is 0 Å². The van der Waals surface area contributed by atoms with Gasteiger partial charge in [0.15, 0.2) is 11.5 Å². The summed E-state index contributed by atoms with van der Waals surface area (Å²) >= 11 is 3.30. The molecule has 0 aliphatic heterocycles. The third-order valence-corrected chi connectivity index (χ3v) is 3.02. The monoisotopic (exact) mass is 297 g/mol. The molecule has 0 fully saturated rings. The van der Waals surface area contributed by atoms with E-state index in [9.17, 15) is 0 Å². The number of rotatable bonds is 7. The van der Waals surface area contributed by atoms with E-state index >= 15 is 0 Å². The van der Waals surface area contributed by atoms with Gasteiger partial charge in [0.05, 0.1) is 25.2 Å². The summed E-state index contributed by atoms with van der Waals surface area (Å²) in [5, 5.41) is 9.48. The van der Waals surface area contributed by atoms with Crippen LogP contribution < -0.4 is 9.47 Å². The Morgan fingerprint density at radius 1 is 1.29 bits per heavy atom. The Morgan fingerprint density at radius 3 is 2.47 bits per heavy atom. The largest absolute Gasteiger partial charge is 0.490 e. The number of halogens is 1. The van der Waals surface area contributed by atoms with Crippen LogP contribution in [0.5, 0.6) is 11.5 Å². The van der Waals surface area contributed by atoms with Crippen molar-refractivity contribution in [2.75, 3.05) is 18.5 Å².